The zero-order valence-electron chi connectivity index (χ0n) is 4.59. The number of amides is 1. The maximum absolute atomic E-state index is 10.7. The van der Waals surface area contributed by atoms with Crippen LogP contribution in [0.2, 0.25) is 0 Å². The van der Waals surface area contributed by atoms with Crippen LogP contribution in [0.15, 0.2) is 11.1 Å². The Hall–Kier alpha value is -0.0900. The SMILES string of the molecule is O=C1CC2SSC=C2N1. The maximum atomic E-state index is 10.7. The molecule has 0 bridgehead atoms. The fraction of sp³-hybridized carbons (Fsp3) is 0.400. The molecule has 2 aliphatic rings. The van der Waals surface area contributed by atoms with Gasteiger partial charge in [0.2, 0.25) is 5.91 Å². The zero-order chi connectivity index (χ0) is 6.27. The van der Waals surface area contributed by atoms with Crippen LogP contribution < -0.4 is 5.32 Å². The van der Waals surface area contributed by atoms with Gasteiger partial charge in [-0.1, -0.05) is 21.6 Å². The van der Waals surface area contributed by atoms with Crippen LogP contribution in [-0.4, -0.2) is 11.2 Å². The molecular formula is C5H5NOS2. The van der Waals surface area contributed by atoms with Crippen LogP contribution >= 0.6 is 21.6 Å². The Morgan fingerprint density at radius 3 is 3.44 bits per heavy atom. The summed E-state index contributed by atoms with van der Waals surface area (Å²) in [6.45, 7) is 0. The molecule has 1 amide bonds. The van der Waals surface area contributed by atoms with Crippen molar-refractivity contribution < 1.29 is 4.79 Å². The molecule has 2 rings (SSSR count). The molecule has 0 aliphatic carbocycles. The van der Waals surface area contributed by atoms with Gasteiger partial charge in [-0.2, -0.15) is 0 Å². The zero-order valence-corrected chi connectivity index (χ0v) is 6.22. The largest absolute Gasteiger partial charge is 0.328 e. The highest BCUT2D eigenvalue weighted by molar-refractivity contribution is 8.78. The molecule has 2 heterocycles. The molecule has 0 spiro atoms. The van der Waals surface area contributed by atoms with E-state index in [4.69, 9.17) is 0 Å². The summed E-state index contributed by atoms with van der Waals surface area (Å²) in [6, 6.07) is 0. The van der Waals surface area contributed by atoms with Gasteiger partial charge in [-0.25, -0.2) is 0 Å². The van der Waals surface area contributed by atoms with Crippen LogP contribution in [0, 0.1) is 0 Å². The topological polar surface area (TPSA) is 29.1 Å². The Kier molecular flexibility index (Phi) is 1.23. The minimum Gasteiger partial charge on any atom is -0.328 e. The van der Waals surface area contributed by atoms with E-state index in [0.717, 1.165) is 5.70 Å². The summed E-state index contributed by atoms with van der Waals surface area (Å²) in [5.41, 5.74) is 1.11. The van der Waals surface area contributed by atoms with Crippen molar-refractivity contribution >= 4 is 27.5 Å². The second-order valence-electron chi connectivity index (χ2n) is 2.01. The number of carbonyl (C=O) groups excluding carboxylic acids is 1. The molecule has 0 aromatic rings. The van der Waals surface area contributed by atoms with Crippen LogP contribution in [-0.2, 0) is 4.79 Å². The number of fused-ring (bicyclic) bond motifs is 1. The lowest BCUT2D eigenvalue weighted by molar-refractivity contribution is -0.118. The van der Waals surface area contributed by atoms with E-state index in [-0.39, 0.29) is 5.91 Å². The first-order valence-electron chi connectivity index (χ1n) is 2.68. The maximum Gasteiger partial charge on any atom is 0.225 e. The molecule has 0 aromatic carbocycles. The van der Waals surface area contributed by atoms with E-state index in [1.165, 1.54) is 0 Å². The van der Waals surface area contributed by atoms with Crippen molar-refractivity contribution in [2.24, 2.45) is 0 Å². The van der Waals surface area contributed by atoms with Gasteiger partial charge >= 0.3 is 0 Å². The Morgan fingerprint density at radius 2 is 2.67 bits per heavy atom. The minimum absolute atomic E-state index is 0.166. The lowest BCUT2D eigenvalue weighted by atomic mass is 10.3. The van der Waals surface area contributed by atoms with E-state index < -0.39 is 0 Å². The third-order valence-corrected chi connectivity index (χ3v) is 3.78. The number of rotatable bonds is 0. The smallest absolute Gasteiger partial charge is 0.225 e. The molecule has 1 unspecified atom stereocenters. The Labute approximate surface area is 60.9 Å². The molecule has 4 heteroatoms. The summed E-state index contributed by atoms with van der Waals surface area (Å²) < 4.78 is 0. The fourth-order valence-electron chi connectivity index (χ4n) is 0.909. The summed E-state index contributed by atoms with van der Waals surface area (Å²) in [6.07, 6.45) is 0.670. The van der Waals surface area contributed by atoms with Gasteiger partial charge in [-0.15, -0.1) is 0 Å². The standard InChI is InChI=1S/C5H5NOS2/c7-5-1-4-3(6-5)2-8-9-4/h2,4H,1H2,(H,6,7). The lowest BCUT2D eigenvalue weighted by Crippen LogP contribution is -2.11. The molecule has 0 saturated carbocycles. The van der Waals surface area contributed by atoms with Crippen LogP contribution in [0.5, 0.6) is 0 Å². The van der Waals surface area contributed by atoms with Crippen LogP contribution in [0.1, 0.15) is 6.42 Å². The summed E-state index contributed by atoms with van der Waals surface area (Å²) in [7, 11) is 3.47. The molecule has 48 valence electrons. The predicted octanol–water partition coefficient (Wildman–Crippen LogP) is 1.11. The van der Waals surface area contributed by atoms with Gasteiger partial charge in [-0.3, -0.25) is 4.79 Å². The molecule has 0 aromatic heterocycles. The normalized spacial score (nSPS) is 31.8. The van der Waals surface area contributed by atoms with Crippen molar-refractivity contribution in [3.05, 3.63) is 11.1 Å². The predicted molar refractivity (Wildman–Crippen MR) is 39.8 cm³/mol. The van der Waals surface area contributed by atoms with Crippen molar-refractivity contribution in [1.82, 2.24) is 5.32 Å². The van der Waals surface area contributed by atoms with Gasteiger partial charge < -0.3 is 5.32 Å². The lowest BCUT2D eigenvalue weighted by Gasteiger charge is -1.94. The van der Waals surface area contributed by atoms with E-state index in [1.54, 1.807) is 21.6 Å². The molecule has 2 aliphatic heterocycles. The monoisotopic (exact) mass is 159 g/mol. The van der Waals surface area contributed by atoms with Crippen molar-refractivity contribution in [3.8, 4) is 0 Å². The summed E-state index contributed by atoms with van der Waals surface area (Å²) in [4.78, 5) is 10.7. The van der Waals surface area contributed by atoms with E-state index in [2.05, 4.69) is 5.32 Å². The van der Waals surface area contributed by atoms with Crippen molar-refractivity contribution in [1.29, 1.82) is 0 Å². The first-order chi connectivity index (χ1) is 4.36. The molecule has 2 nitrogen and oxygen atoms in total. The van der Waals surface area contributed by atoms with Crippen LogP contribution in [0.3, 0.4) is 0 Å². The van der Waals surface area contributed by atoms with Crippen molar-refractivity contribution in [3.63, 3.8) is 0 Å². The Bertz CT molecular complexity index is 189. The van der Waals surface area contributed by atoms with E-state index in [1.807, 2.05) is 5.41 Å². The Morgan fingerprint density at radius 1 is 1.78 bits per heavy atom. The van der Waals surface area contributed by atoms with Crippen molar-refractivity contribution in [2.45, 2.75) is 11.7 Å². The molecule has 1 N–H and O–H groups in total. The number of carbonyl (C=O) groups is 1. The van der Waals surface area contributed by atoms with Crippen LogP contribution in [0.25, 0.3) is 0 Å². The molecule has 1 fully saturated rings. The first-order valence-corrected chi connectivity index (χ1v) is 4.96. The Balaban J connectivity index is 2.24. The van der Waals surface area contributed by atoms with E-state index in [9.17, 15) is 4.79 Å². The summed E-state index contributed by atoms with van der Waals surface area (Å²) >= 11 is 0. The second-order valence-corrected chi connectivity index (χ2v) is 4.35. The molecule has 0 radical (unpaired) electrons. The number of hydrogen-bond acceptors (Lipinski definition) is 3. The molecular weight excluding hydrogens is 154 g/mol. The summed E-state index contributed by atoms with van der Waals surface area (Å²) in [5.74, 6) is 0.166. The number of nitrogens with one attached hydrogen (secondary N) is 1. The molecule has 1 saturated heterocycles. The van der Waals surface area contributed by atoms with Gasteiger partial charge in [0, 0.05) is 17.5 Å². The fourth-order valence-corrected chi connectivity index (χ4v) is 3.36. The van der Waals surface area contributed by atoms with Gasteiger partial charge in [-0.05, 0) is 0 Å². The highest BCUT2D eigenvalue weighted by Gasteiger charge is 2.30. The van der Waals surface area contributed by atoms with Gasteiger partial charge in [0.25, 0.3) is 0 Å². The third kappa shape index (κ3) is 0.861. The number of hydrogen-bond donors (Lipinski definition) is 1. The van der Waals surface area contributed by atoms with Gasteiger partial charge in [0.15, 0.2) is 0 Å². The molecule has 9 heavy (non-hydrogen) atoms. The quantitative estimate of drug-likeness (QED) is 0.537. The minimum atomic E-state index is 0.166. The highest BCUT2D eigenvalue weighted by Crippen LogP contribution is 2.43. The molecule has 1 atom stereocenters. The average Bonchev–Trinajstić information content (AvgIpc) is 2.22. The highest BCUT2D eigenvalue weighted by atomic mass is 33.1. The van der Waals surface area contributed by atoms with E-state index in [0.29, 0.717) is 11.7 Å². The van der Waals surface area contributed by atoms with Gasteiger partial charge in [0.1, 0.15) is 0 Å². The first kappa shape index (κ1) is 5.68. The van der Waals surface area contributed by atoms with Crippen LogP contribution in [0.4, 0.5) is 0 Å². The second kappa shape index (κ2) is 1.95. The summed E-state index contributed by atoms with van der Waals surface area (Å²) in [5, 5.41) is 5.24. The van der Waals surface area contributed by atoms with Crippen molar-refractivity contribution in [2.75, 3.05) is 0 Å². The third-order valence-electron chi connectivity index (χ3n) is 1.35. The average molecular weight is 159 g/mol. The van der Waals surface area contributed by atoms with E-state index >= 15 is 0 Å². The van der Waals surface area contributed by atoms with Gasteiger partial charge in [0.05, 0.1) is 5.25 Å².